The van der Waals surface area contributed by atoms with Crippen LogP contribution in [-0.2, 0) is 9.47 Å². The van der Waals surface area contributed by atoms with Crippen LogP contribution < -0.4 is 9.47 Å². The number of methoxy groups -OCH3 is 2. The number of carbonyl (C=O) groups is 1. The van der Waals surface area contributed by atoms with Crippen LogP contribution in [0.25, 0.3) is 0 Å². The third kappa shape index (κ3) is 5.09. The summed E-state index contributed by atoms with van der Waals surface area (Å²) in [4.78, 5) is 11.7. The van der Waals surface area contributed by atoms with Gasteiger partial charge in [0.15, 0.2) is 0 Å². The Morgan fingerprint density at radius 2 is 1.65 bits per heavy atom. The van der Waals surface area contributed by atoms with Gasteiger partial charge < -0.3 is 18.9 Å². The molecule has 1 atom stereocenters. The molecule has 0 aliphatic heterocycles. The molecule has 1 aromatic rings. The Bertz CT molecular complexity index is 442. The maximum absolute atomic E-state index is 11.7. The van der Waals surface area contributed by atoms with E-state index in [2.05, 4.69) is 0 Å². The SMILES string of the molecule is COC[C@H](C)Oc1cc(OC(C)C)cc(C(=O)OC)c1. The first-order valence-electron chi connectivity index (χ1n) is 6.52. The van der Waals surface area contributed by atoms with E-state index in [0.717, 1.165) is 0 Å². The Balaban J connectivity index is 2.99. The molecule has 1 aromatic carbocycles. The molecule has 0 amide bonds. The maximum Gasteiger partial charge on any atom is 0.338 e. The van der Waals surface area contributed by atoms with Gasteiger partial charge in [-0.1, -0.05) is 0 Å². The van der Waals surface area contributed by atoms with Crippen molar-refractivity contribution in [3.8, 4) is 11.5 Å². The second-order valence-corrected chi connectivity index (χ2v) is 4.74. The molecule has 0 saturated carbocycles. The van der Waals surface area contributed by atoms with Crippen molar-refractivity contribution in [2.75, 3.05) is 20.8 Å². The summed E-state index contributed by atoms with van der Waals surface area (Å²) in [5.41, 5.74) is 0.394. The molecular weight excluding hydrogens is 260 g/mol. The number of carbonyl (C=O) groups excluding carboxylic acids is 1. The topological polar surface area (TPSA) is 54.0 Å². The predicted octanol–water partition coefficient (Wildman–Crippen LogP) is 2.67. The van der Waals surface area contributed by atoms with Crippen molar-refractivity contribution >= 4 is 5.97 Å². The number of rotatable bonds is 7. The third-order valence-electron chi connectivity index (χ3n) is 2.41. The normalized spacial score (nSPS) is 12.1. The second-order valence-electron chi connectivity index (χ2n) is 4.74. The van der Waals surface area contributed by atoms with Crippen LogP contribution in [0.1, 0.15) is 31.1 Å². The van der Waals surface area contributed by atoms with Crippen LogP contribution in [0.3, 0.4) is 0 Å². The van der Waals surface area contributed by atoms with Crippen LogP contribution in [0.5, 0.6) is 11.5 Å². The molecule has 5 heteroatoms. The number of hydrogen-bond acceptors (Lipinski definition) is 5. The van der Waals surface area contributed by atoms with E-state index < -0.39 is 5.97 Å². The lowest BCUT2D eigenvalue weighted by Crippen LogP contribution is -2.18. The van der Waals surface area contributed by atoms with Gasteiger partial charge in [-0.25, -0.2) is 4.79 Å². The summed E-state index contributed by atoms with van der Waals surface area (Å²) in [6.45, 7) is 6.18. The highest BCUT2D eigenvalue weighted by molar-refractivity contribution is 5.90. The predicted molar refractivity (Wildman–Crippen MR) is 75.5 cm³/mol. The minimum absolute atomic E-state index is 0.00662. The highest BCUT2D eigenvalue weighted by atomic mass is 16.5. The summed E-state index contributed by atoms with van der Waals surface area (Å²) in [7, 11) is 2.95. The molecule has 0 bridgehead atoms. The molecule has 0 aliphatic carbocycles. The van der Waals surface area contributed by atoms with E-state index in [1.54, 1.807) is 25.3 Å². The van der Waals surface area contributed by atoms with Gasteiger partial charge in [-0.2, -0.15) is 0 Å². The summed E-state index contributed by atoms with van der Waals surface area (Å²) in [5, 5.41) is 0. The highest BCUT2D eigenvalue weighted by Gasteiger charge is 2.13. The lowest BCUT2D eigenvalue weighted by molar-refractivity contribution is 0.0597. The molecule has 20 heavy (non-hydrogen) atoms. The number of ether oxygens (including phenoxy) is 4. The smallest absolute Gasteiger partial charge is 0.338 e. The molecule has 0 aliphatic rings. The molecule has 0 fully saturated rings. The minimum Gasteiger partial charge on any atom is -0.491 e. The quantitative estimate of drug-likeness (QED) is 0.720. The van der Waals surface area contributed by atoms with Crippen molar-refractivity contribution in [3.05, 3.63) is 23.8 Å². The highest BCUT2D eigenvalue weighted by Crippen LogP contribution is 2.25. The van der Waals surface area contributed by atoms with E-state index in [9.17, 15) is 4.79 Å². The van der Waals surface area contributed by atoms with Gasteiger partial charge in [0.25, 0.3) is 0 Å². The zero-order chi connectivity index (χ0) is 15.1. The molecule has 1 rings (SSSR count). The summed E-state index contributed by atoms with van der Waals surface area (Å²) >= 11 is 0. The van der Waals surface area contributed by atoms with Crippen molar-refractivity contribution in [2.24, 2.45) is 0 Å². The number of esters is 1. The fourth-order valence-electron chi connectivity index (χ4n) is 1.72. The lowest BCUT2D eigenvalue weighted by atomic mass is 10.2. The van der Waals surface area contributed by atoms with Crippen molar-refractivity contribution in [2.45, 2.75) is 33.0 Å². The van der Waals surface area contributed by atoms with Crippen molar-refractivity contribution in [1.82, 2.24) is 0 Å². The summed E-state index contributed by atoms with van der Waals surface area (Å²) in [6, 6.07) is 5.02. The van der Waals surface area contributed by atoms with E-state index in [1.807, 2.05) is 20.8 Å². The van der Waals surface area contributed by atoms with Crippen LogP contribution in [-0.4, -0.2) is 39.0 Å². The van der Waals surface area contributed by atoms with Crippen molar-refractivity contribution < 1.29 is 23.7 Å². The molecule has 0 saturated heterocycles. The molecule has 0 spiro atoms. The van der Waals surface area contributed by atoms with Crippen molar-refractivity contribution in [1.29, 1.82) is 0 Å². The summed E-state index contributed by atoms with van der Waals surface area (Å²) in [6.07, 6.45) is -0.119. The molecule has 112 valence electrons. The van der Waals surface area contributed by atoms with Crippen LogP contribution in [0.2, 0.25) is 0 Å². The Labute approximate surface area is 119 Å². The van der Waals surface area contributed by atoms with Gasteiger partial charge in [-0.15, -0.1) is 0 Å². The number of hydrogen-bond donors (Lipinski definition) is 0. The maximum atomic E-state index is 11.7. The Kier molecular flexibility index (Phi) is 6.31. The summed E-state index contributed by atoms with van der Waals surface area (Å²) in [5.74, 6) is 0.694. The minimum atomic E-state index is -0.427. The average molecular weight is 282 g/mol. The van der Waals surface area contributed by atoms with Gasteiger partial charge in [0, 0.05) is 13.2 Å². The zero-order valence-corrected chi connectivity index (χ0v) is 12.6. The Morgan fingerprint density at radius 1 is 1.05 bits per heavy atom. The van der Waals surface area contributed by atoms with E-state index in [-0.39, 0.29) is 12.2 Å². The van der Waals surface area contributed by atoms with Gasteiger partial charge in [0.1, 0.15) is 17.6 Å². The van der Waals surface area contributed by atoms with E-state index >= 15 is 0 Å². The van der Waals surface area contributed by atoms with Gasteiger partial charge in [-0.05, 0) is 32.9 Å². The Hall–Kier alpha value is -1.75. The second kappa shape index (κ2) is 7.75. The number of benzene rings is 1. The largest absolute Gasteiger partial charge is 0.491 e. The molecule has 0 aromatic heterocycles. The van der Waals surface area contributed by atoms with Crippen molar-refractivity contribution in [3.63, 3.8) is 0 Å². The van der Waals surface area contributed by atoms with E-state index in [0.29, 0.717) is 23.7 Å². The van der Waals surface area contributed by atoms with Crippen LogP contribution >= 0.6 is 0 Å². The lowest BCUT2D eigenvalue weighted by Gasteiger charge is -2.17. The zero-order valence-electron chi connectivity index (χ0n) is 12.6. The van der Waals surface area contributed by atoms with Gasteiger partial charge >= 0.3 is 5.97 Å². The van der Waals surface area contributed by atoms with Crippen LogP contribution in [0.4, 0.5) is 0 Å². The van der Waals surface area contributed by atoms with Gasteiger partial charge in [0.2, 0.25) is 0 Å². The molecule has 0 N–H and O–H groups in total. The molecule has 5 nitrogen and oxygen atoms in total. The standard InChI is InChI=1S/C15H22O5/c1-10(2)19-13-6-12(15(16)18-5)7-14(8-13)20-11(3)9-17-4/h6-8,10-11H,9H2,1-5H3/t11-/m0/s1. The first-order valence-corrected chi connectivity index (χ1v) is 6.52. The van der Waals surface area contributed by atoms with E-state index in [1.165, 1.54) is 7.11 Å². The summed E-state index contributed by atoms with van der Waals surface area (Å²) < 4.78 is 21.1. The van der Waals surface area contributed by atoms with Gasteiger partial charge in [0.05, 0.1) is 25.4 Å². The van der Waals surface area contributed by atoms with Crippen LogP contribution in [0.15, 0.2) is 18.2 Å². The van der Waals surface area contributed by atoms with Crippen LogP contribution in [0, 0.1) is 0 Å². The fourth-order valence-corrected chi connectivity index (χ4v) is 1.72. The van der Waals surface area contributed by atoms with Gasteiger partial charge in [-0.3, -0.25) is 0 Å². The molecule has 0 unspecified atom stereocenters. The molecule has 0 radical (unpaired) electrons. The monoisotopic (exact) mass is 282 g/mol. The van der Waals surface area contributed by atoms with E-state index in [4.69, 9.17) is 18.9 Å². The Morgan fingerprint density at radius 3 is 2.15 bits per heavy atom. The molecule has 0 heterocycles. The molecular formula is C15H22O5. The fraction of sp³-hybridized carbons (Fsp3) is 0.533. The first kappa shape index (κ1) is 16.3. The first-order chi connectivity index (χ1) is 9.46. The third-order valence-corrected chi connectivity index (χ3v) is 2.41. The average Bonchev–Trinajstić information content (AvgIpc) is 2.36.